The van der Waals surface area contributed by atoms with E-state index < -0.39 is 12.0 Å². The van der Waals surface area contributed by atoms with Crippen molar-refractivity contribution in [2.75, 3.05) is 14.2 Å². The Bertz CT molecular complexity index is 793. The lowest BCUT2D eigenvalue weighted by molar-refractivity contribution is -0.137. The molecule has 0 aliphatic carbocycles. The first-order chi connectivity index (χ1) is 12.4. The Morgan fingerprint density at radius 2 is 1.81 bits per heavy atom. The lowest BCUT2D eigenvalue weighted by atomic mass is 10.0. The van der Waals surface area contributed by atoms with E-state index in [2.05, 4.69) is 5.32 Å². The summed E-state index contributed by atoms with van der Waals surface area (Å²) in [7, 11) is 3.00. The fourth-order valence-electron chi connectivity index (χ4n) is 2.56. The molecule has 0 saturated heterocycles. The monoisotopic (exact) mass is 377 g/mol. The normalized spacial score (nSPS) is 11.5. The number of benzene rings is 2. The van der Waals surface area contributed by atoms with Crippen molar-refractivity contribution in [1.29, 1.82) is 0 Å². The highest BCUT2D eigenvalue weighted by Gasteiger charge is 2.20. The molecule has 0 radical (unpaired) electrons. The number of nitrogens with one attached hydrogen (secondary N) is 1. The van der Waals surface area contributed by atoms with Gasteiger partial charge in [-0.15, -0.1) is 0 Å². The van der Waals surface area contributed by atoms with Crippen LogP contribution in [0.4, 0.5) is 0 Å². The van der Waals surface area contributed by atoms with Crippen molar-refractivity contribution < 1.29 is 24.2 Å². The van der Waals surface area contributed by atoms with Crippen molar-refractivity contribution in [3.8, 4) is 11.5 Å². The summed E-state index contributed by atoms with van der Waals surface area (Å²) in [5.41, 5.74) is 1.28. The van der Waals surface area contributed by atoms with Gasteiger partial charge in [-0.1, -0.05) is 35.9 Å². The van der Waals surface area contributed by atoms with Gasteiger partial charge in [-0.2, -0.15) is 0 Å². The second-order valence-corrected chi connectivity index (χ2v) is 6.01. The van der Waals surface area contributed by atoms with Gasteiger partial charge in [0.2, 0.25) is 5.91 Å². The summed E-state index contributed by atoms with van der Waals surface area (Å²) in [5, 5.41) is 12.4. The Morgan fingerprint density at radius 1 is 1.12 bits per heavy atom. The molecule has 0 fully saturated rings. The second kappa shape index (κ2) is 9.10. The van der Waals surface area contributed by atoms with Crippen molar-refractivity contribution in [2.24, 2.45) is 0 Å². The number of carboxylic acid groups (broad SMARTS) is 1. The van der Waals surface area contributed by atoms with Crippen LogP contribution < -0.4 is 14.8 Å². The van der Waals surface area contributed by atoms with E-state index in [9.17, 15) is 14.7 Å². The molecule has 0 heterocycles. The van der Waals surface area contributed by atoms with Gasteiger partial charge < -0.3 is 19.9 Å². The van der Waals surface area contributed by atoms with Crippen LogP contribution in [0, 0.1) is 0 Å². The summed E-state index contributed by atoms with van der Waals surface area (Å²) in [6, 6.07) is 11.3. The molecule has 2 N–H and O–H groups in total. The van der Waals surface area contributed by atoms with Crippen molar-refractivity contribution in [2.45, 2.75) is 18.9 Å². The van der Waals surface area contributed by atoms with Gasteiger partial charge in [-0.3, -0.25) is 9.59 Å². The van der Waals surface area contributed by atoms with Crippen LogP contribution in [0.2, 0.25) is 5.02 Å². The first-order valence-corrected chi connectivity index (χ1v) is 8.29. The fraction of sp³-hybridized carbons (Fsp3) is 0.263. The molecule has 0 spiro atoms. The third-order valence-electron chi connectivity index (χ3n) is 3.83. The lowest BCUT2D eigenvalue weighted by Gasteiger charge is -2.19. The van der Waals surface area contributed by atoms with E-state index in [1.165, 1.54) is 14.2 Å². The summed E-state index contributed by atoms with van der Waals surface area (Å²) in [6.07, 6.45) is -0.202. The Labute approximate surface area is 156 Å². The van der Waals surface area contributed by atoms with Crippen LogP contribution in [-0.2, 0) is 16.0 Å². The fourth-order valence-corrected chi connectivity index (χ4v) is 2.76. The van der Waals surface area contributed by atoms with Crippen LogP contribution in [0.15, 0.2) is 42.5 Å². The van der Waals surface area contributed by atoms with E-state index in [4.69, 9.17) is 21.1 Å². The van der Waals surface area contributed by atoms with E-state index >= 15 is 0 Å². The Balaban J connectivity index is 2.20. The average molecular weight is 378 g/mol. The summed E-state index contributed by atoms with van der Waals surface area (Å²) < 4.78 is 10.4. The highest BCUT2D eigenvalue weighted by atomic mass is 35.5. The van der Waals surface area contributed by atoms with Crippen LogP contribution in [0.3, 0.4) is 0 Å². The topological polar surface area (TPSA) is 84.9 Å². The Kier molecular flexibility index (Phi) is 6.86. The molecule has 0 aliphatic rings. The molecule has 2 aromatic carbocycles. The largest absolute Gasteiger partial charge is 0.493 e. The smallest absolute Gasteiger partial charge is 0.305 e. The van der Waals surface area contributed by atoms with Gasteiger partial charge in [-0.05, 0) is 29.3 Å². The van der Waals surface area contributed by atoms with Gasteiger partial charge in [0.15, 0.2) is 11.5 Å². The van der Waals surface area contributed by atoms with Crippen LogP contribution >= 0.6 is 11.6 Å². The number of hydrogen-bond donors (Lipinski definition) is 2. The minimum atomic E-state index is -1.03. The lowest BCUT2D eigenvalue weighted by Crippen LogP contribution is -2.31. The van der Waals surface area contributed by atoms with Gasteiger partial charge in [0.05, 0.1) is 33.1 Å². The minimum absolute atomic E-state index is 0.0586. The maximum Gasteiger partial charge on any atom is 0.305 e. The maximum absolute atomic E-state index is 12.4. The van der Waals surface area contributed by atoms with Crippen LogP contribution in [0.1, 0.15) is 23.6 Å². The average Bonchev–Trinajstić information content (AvgIpc) is 2.62. The van der Waals surface area contributed by atoms with E-state index in [0.29, 0.717) is 27.6 Å². The van der Waals surface area contributed by atoms with Gasteiger partial charge in [-0.25, -0.2) is 0 Å². The van der Waals surface area contributed by atoms with Crippen LogP contribution in [0.25, 0.3) is 0 Å². The Hall–Kier alpha value is -2.73. The van der Waals surface area contributed by atoms with Gasteiger partial charge in [0, 0.05) is 5.02 Å². The van der Waals surface area contributed by atoms with Crippen LogP contribution in [-0.4, -0.2) is 31.2 Å². The zero-order valence-electron chi connectivity index (χ0n) is 14.5. The number of ether oxygens (including phenoxy) is 2. The molecule has 0 unspecified atom stereocenters. The van der Waals surface area contributed by atoms with E-state index in [1.54, 1.807) is 42.5 Å². The summed E-state index contributed by atoms with van der Waals surface area (Å²) >= 11 is 6.07. The third kappa shape index (κ3) is 5.13. The minimum Gasteiger partial charge on any atom is -0.493 e. The van der Waals surface area contributed by atoms with E-state index in [0.717, 1.165) is 0 Å². The van der Waals surface area contributed by atoms with Gasteiger partial charge >= 0.3 is 5.97 Å². The number of carbonyl (C=O) groups excluding carboxylic acids is 1. The summed E-state index contributed by atoms with van der Waals surface area (Å²) in [4.78, 5) is 23.6. The zero-order chi connectivity index (χ0) is 19.1. The molecule has 0 aromatic heterocycles. The van der Waals surface area contributed by atoms with Crippen molar-refractivity contribution in [3.05, 3.63) is 58.6 Å². The highest BCUT2D eigenvalue weighted by Crippen LogP contribution is 2.31. The first kappa shape index (κ1) is 19.6. The molecule has 138 valence electrons. The summed E-state index contributed by atoms with van der Waals surface area (Å²) in [5.74, 6) is -0.365. The number of hydrogen-bond acceptors (Lipinski definition) is 4. The SMILES string of the molecule is COc1ccc([C@H](CC(=O)O)NC(=O)Cc2ccccc2Cl)cc1OC. The predicted molar refractivity (Wildman–Crippen MR) is 97.8 cm³/mol. The van der Waals surface area contributed by atoms with Gasteiger partial charge in [0.25, 0.3) is 0 Å². The molecule has 0 saturated carbocycles. The number of halogens is 1. The molecule has 2 rings (SSSR count). The molecule has 6 nitrogen and oxygen atoms in total. The molecule has 1 amide bonds. The molecular formula is C19H20ClNO5. The van der Waals surface area contributed by atoms with Crippen molar-refractivity contribution >= 4 is 23.5 Å². The molecular weight excluding hydrogens is 358 g/mol. The van der Waals surface area contributed by atoms with E-state index in [1.807, 2.05) is 0 Å². The maximum atomic E-state index is 12.4. The second-order valence-electron chi connectivity index (χ2n) is 5.60. The highest BCUT2D eigenvalue weighted by molar-refractivity contribution is 6.31. The molecule has 0 bridgehead atoms. The van der Waals surface area contributed by atoms with Crippen molar-refractivity contribution in [1.82, 2.24) is 5.32 Å². The molecule has 2 aromatic rings. The van der Waals surface area contributed by atoms with Crippen LogP contribution in [0.5, 0.6) is 11.5 Å². The van der Waals surface area contributed by atoms with Crippen molar-refractivity contribution in [3.63, 3.8) is 0 Å². The molecule has 26 heavy (non-hydrogen) atoms. The molecule has 1 atom stereocenters. The quantitative estimate of drug-likeness (QED) is 0.737. The van der Waals surface area contributed by atoms with Gasteiger partial charge in [0.1, 0.15) is 0 Å². The third-order valence-corrected chi connectivity index (χ3v) is 4.20. The number of carbonyl (C=O) groups is 2. The van der Waals surface area contributed by atoms with E-state index in [-0.39, 0.29) is 18.7 Å². The number of methoxy groups -OCH3 is 2. The number of amides is 1. The summed E-state index contributed by atoms with van der Waals surface area (Å²) in [6.45, 7) is 0. The Morgan fingerprint density at radius 3 is 2.42 bits per heavy atom. The number of rotatable bonds is 8. The molecule has 0 aliphatic heterocycles. The number of carboxylic acids is 1. The zero-order valence-corrected chi connectivity index (χ0v) is 15.2. The standard InChI is InChI=1S/C19H20ClNO5/c1-25-16-8-7-13(9-17(16)26-2)15(11-19(23)24)21-18(22)10-12-5-3-4-6-14(12)20/h3-9,15H,10-11H2,1-2H3,(H,21,22)(H,23,24)/t15-/m0/s1. The molecule has 7 heteroatoms. The number of aliphatic carboxylic acids is 1. The first-order valence-electron chi connectivity index (χ1n) is 7.91. The predicted octanol–water partition coefficient (Wildman–Crippen LogP) is 3.23.